The molecule has 0 bridgehead atoms. The third-order valence-corrected chi connectivity index (χ3v) is 8.36. The lowest BCUT2D eigenvalue weighted by atomic mass is 9.94. The van der Waals surface area contributed by atoms with Gasteiger partial charge in [0.15, 0.2) is 0 Å². The second-order valence-electron chi connectivity index (χ2n) is 11.1. The summed E-state index contributed by atoms with van der Waals surface area (Å²) in [5, 5.41) is 5.12. The van der Waals surface area contributed by atoms with Crippen LogP contribution in [-0.4, -0.2) is 41.2 Å². The molecule has 1 saturated carbocycles. The van der Waals surface area contributed by atoms with E-state index >= 15 is 0 Å². The van der Waals surface area contributed by atoms with Crippen molar-refractivity contribution in [3.63, 3.8) is 0 Å². The van der Waals surface area contributed by atoms with Crippen LogP contribution in [0.25, 0.3) is 10.8 Å². The molecule has 0 spiro atoms. The lowest BCUT2D eigenvalue weighted by molar-refractivity contribution is -0.140. The molecule has 6 heteroatoms. The third-order valence-electron chi connectivity index (χ3n) is 8.36. The van der Waals surface area contributed by atoms with Crippen molar-refractivity contribution >= 4 is 34.2 Å². The van der Waals surface area contributed by atoms with Crippen LogP contribution in [0.5, 0.6) is 0 Å². The molecule has 1 aliphatic heterocycles. The van der Waals surface area contributed by atoms with Crippen LogP contribution in [0, 0.1) is 0 Å². The average molecular weight is 546 g/mol. The Labute approximate surface area is 241 Å². The molecule has 1 atom stereocenters. The Bertz CT molecular complexity index is 1540. The average Bonchev–Trinajstić information content (AvgIpc) is 3.28. The monoisotopic (exact) mass is 545 g/mol. The molecule has 6 rings (SSSR count). The lowest BCUT2D eigenvalue weighted by Crippen LogP contribution is -2.54. The minimum absolute atomic E-state index is 0.121. The molecule has 0 aromatic heterocycles. The van der Waals surface area contributed by atoms with E-state index in [9.17, 15) is 14.4 Å². The minimum atomic E-state index is -0.720. The molecule has 1 aliphatic carbocycles. The molecule has 1 N–H and O–H groups in total. The number of hydrogen-bond donors (Lipinski definition) is 1. The van der Waals surface area contributed by atoms with Crippen molar-refractivity contribution in [1.82, 2.24) is 10.2 Å². The summed E-state index contributed by atoms with van der Waals surface area (Å²) >= 11 is 0. The highest BCUT2D eigenvalue weighted by Crippen LogP contribution is 2.37. The standard InChI is InChI=1S/C35H35N3O3/c39-32(24-38-30-21-11-17-27-16-10-20-29(33(27)30)35(38)41)37(23-26-14-6-2-7-15-26)31(22-25-12-4-1-5-13-25)34(40)36-28-18-8-3-9-19-28/h1-2,4-7,10-17,20-21,28,31H,3,8-9,18-19,22-24H2,(H,36,40)/t31-/m1/s1. The van der Waals surface area contributed by atoms with Gasteiger partial charge in [0.1, 0.15) is 12.6 Å². The Balaban J connectivity index is 1.33. The first-order chi connectivity index (χ1) is 20.1. The maximum atomic E-state index is 14.3. The van der Waals surface area contributed by atoms with E-state index in [0.717, 1.165) is 53.3 Å². The number of anilines is 1. The topological polar surface area (TPSA) is 69.7 Å². The van der Waals surface area contributed by atoms with Gasteiger partial charge in [-0.15, -0.1) is 0 Å². The van der Waals surface area contributed by atoms with Gasteiger partial charge in [-0.2, -0.15) is 0 Å². The van der Waals surface area contributed by atoms with Crippen LogP contribution in [0.3, 0.4) is 0 Å². The molecule has 1 fully saturated rings. The maximum Gasteiger partial charge on any atom is 0.259 e. The van der Waals surface area contributed by atoms with Crippen molar-refractivity contribution in [3.8, 4) is 0 Å². The van der Waals surface area contributed by atoms with Gasteiger partial charge < -0.3 is 10.2 Å². The largest absolute Gasteiger partial charge is 0.352 e. The van der Waals surface area contributed by atoms with E-state index in [2.05, 4.69) is 5.32 Å². The summed E-state index contributed by atoms with van der Waals surface area (Å²) in [7, 11) is 0. The zero-order valence-corrected chi connectivity index (χ0v) is 23.2. The van der Waals surface area contributed by atoms with Crippen molar-refractivity contribution in [2.24, 2.45) is 0 Å². The van der Waals surface area contributed by atoms with Crippen LogP contribution in [0.2, 0.25) is 0 Å². The van der Waals surface area contributed by atoms with E-state index in [1.807, 2.05) is 97.1 Å². The van der Waals surface area contributed by atoms with Gasteiger partial charge in [-0.1, -0.05) is 104 Å². The highest BCUT2D eigenvalue weighted by atomic mass is 16.2. The zero-order valence-electron chi connectivity index (χ0n) is 23.2. The van der Waals surface area contributed by atoms with E-state index < -0.39 is 6.04 Å². The normalized spacial score (nSPS) is 15.6. The number of hydrogen-bond acceptors (Lipinski definition) is 3. The Morgan fingerprint density at radius 2 is 1.46 bits per heavy atom. The van der Waals surface area contributed by atoms with E-state index in [0.29, 0.717) is 12.0 Å². The Hall–Kier alpha value is -4.45. The second kappa shape index (κ2) is 12.0. The first kappa shape index (κ1) is 26.8. The number of nitrogens with zero attached hydrogens (tertiary/aromatic N) is 2. The fourth-order valence-corrected chi connectivity index (χ4v) is 6.24. The Morgan fingerprint density at radius 1 is 0.805 bits per heavy atom. The minimum Gasteiger partial charge on any atom is -0.352 e. The van der Waals surface area contributed by atoms with Gasteiger partial charge in [0, 0.05) is 30.0 Å². The summed E-state index contributed by atoms with van der Waals surface area (Å²) in [6.07, 6.45) is 5.70. The number of carbonyl (C=O) groups excluding carboxylic acids is 3. The maximum absolute atomic E-state index is 14.3. The predicted octanol–water partition coefficient (Wildman–Crippen LogP) is 5.89. The smallest absolute Gasteiger partial charge is 0.259 e. The molecule has 4 aromatic rings. The molecule has 1 heterocycles. The van der Waals surface area contributed by atoms with Gasteiger partial charge in [-0.25, -0.2) is 0 Å². The number of benzene rings is 4. The first-order valence-electron chi connectivity index (χ1n) is 14.6. The van der Waals surface area contributed by atoms with Gasteiger partial charge >= 0.3 is 0 Å². The lowest BCUT2D eigenvalue weighted by Gasteiger charge is -2.34. The van der Waals surface area contributed by atoms with Crippen LogP contribution < -0.4 is 10.2 Å². The van der Waals surface area contributed by atoms with E-state index in [1.165, 1.54) is 6.42 Å². The Morgan fingerprint density at radius 3 is 2.17 bits per heavy atom. The summed E-state index contributed by atoms with van der Waals surface area (Å²) in [4.78, 5) is 45.1. The zero-order chi connectivity index (χ0) is 28.2. The molecule has 3 amide bonds. The molecule has 2 aliphatic rings. The first-order valence-corrected chi connectivity index (χ1v) is 14.6. The molecule has 0 saturated heterocycles. The molecule has 41 heavy (non-hydrogen) atoms. The molecule has 4 aromatic carbocycles. The van der Waals surface area contributed by atoms with E-state index in [4.69, 9.17) is 0 Å². The molecule has 6 nitrogen and oxygen atoms in total. The van der Waals surface area contributed by atoms with Gasteiger partial charge in [0.25, 0.3) is 5.91 Å². The van der Waals surface area contributed by atoms with Gasteiger partial charge in [-0.05, 0) is 41.5 Å². The summed E-state index contributed by atoms with van der Waals surface area (Å²) < 4.78 is 0. The van der Waals surface area contributed by atoms with Gasteiger partial charge in [-0.3, -0.25) is 19.3 Å². The van der Waals surface area contributed by atoms with E-state index in [1.54, 1.807) is 9.80 Å². The molecule has 0 unspecified atom stereocenters. The van der Waals surface area contributed by atoms with Crippen LogP contribution >= 0.6 is 0 Å². The molecule has 0 radical (unpaired) electrons. The molecular formula is C35H35N3O3. The number of rotatable bonds is 9. The molecular weight excluding hydrogens is 510 g/mol. The summed E-state index contributed by atoms with van der Waals surface area (Å²) in [6.45, 7) is 0.135. The summed E-state index contributed by atoms with van der Waals surface area (Å²) in [5.41, 5.74) is 3.26. The van der Waals surface area contributed by atoms with Gasteiger partial charge in [0.05, 0.1) is 5.69 Å². The number of nitrogens with one attached hydrogen (secondary N) is 1. The van der Waals surface area contributed by atoms with Crippen molar-refractivity contribution in [1.29, 1.82) is 0 Å². The quantitative estimate of drug-likeness (QED) is 0.285. The van der Waals surface area contributed by atoms with Crippen LogP contribution in [0.1, 0.15) is 53.6 Å². The van der Waals surface area contributed by atoms with Crippen LogP contribution in [-0.2, 0) is 22.6 Å². The fraction of sp³-hybridized carbons (Fsp3) is 0.286. The third kappa shape index (κ3) is 5.73. The SMILES string of the molecule is O=C(NC1CCCCC1)[C@@H](Cc1ccccc1)N(Cc1ccccc1)C(=O)CN1C(=O)c2cccc3cccc1c23. The van der Waals surface area contributed by atoms with E-state index in [-0.39, 0.29) is 36.9 Å². The van der Waals surface area contributed by atoms with Crippen molar-refractivity contribution in [2.75, 3.05) is 11.4 Å². The van der Waals surface area contributed by atoms with Crippen LogP contribution in [0.4, 0.5) is 5.69 Å². The Kier molecular flexibility index (Phi) is 7.81. The van der Waals surface area contributed by atoms with Crippen LogP contribution in [0.15, 0.2) is 97.1 Å². The second-order valence-corrected chi connectivity index (χ2v) is 11.1. The highest BCUT2D eigenvalue weighted by molar-refractivity contribution is 6.26. The predicted molar refractivity (Wildman–Crippen MR) is 162 cm³/mol. The van der Waals surface area contributed by atoms with Gasteiger partial charge in [0.2, 0.25) is 11.8 Å². The highest BCUT2D eigenvalue weighted by Gasteiger charge is 2.36. The number of amides is 3. The summed E-state index contributed by atoms with van der Waals surface area (Å²) in [6, 6.07) is 30.4. The molecule has 208 valence electrons. The van der Waals surface area contributed by atoms with Crippen molar-refractivity contribution in [2.45, 2.75) is 57.2 Å². The van der Waals surface area contributed by atoms with Crippen molar-refractivity contribution in [3.05, 3.63) is 114 Å². The van der Waals surface area contributed by atoms with Crippen molar-refractivity contribution < 1.29 is 14.4 Å². The summed E-state index contributed by atoms with van der Waals surface area (Å²) in [5.74, 6) is -0.578. The fourth-order valence-electron chi connectivity index (χ4n) is 6.24. The number of carbonyl (C=O) groups is 3.